The van der Waals surface area contributed by atoms with Crippen molar-refractivity contribution in [1.82, 2.24) is 9.55 Å². The van der Waals surface area contributed by atoms with Gasteiger partial charge in [-0.1, -0.05) is 19.9 Å². The van der Waals surface area contributed by atoms with Gasteiger partial charge in [0.15, 0.2) is 5.03 Å². The van der Waals surface area contributed by atoms with Crippen LogP contribution in [0.25, 0.3) is 0 Å². The van der Waals surface area contributed by atoms with E-state index in [9.17, 15) is 13.5 Å². The predicted octanol–water partition coefficient (Wildman–Crippen LogP) is 2.39. The quantitative estimate of drug-likeness (QED) is 0.910. The summed E-state index contributed by atoms with van der Waals surface area (Å²) in [6.07, 6.45) is 3.17. The maximum absolute atomic E-state index is 13.2. The molecule has 1 aliphatic heterocycles. The largest absolute Gasteiger partial charge is 0.508 e. The molecule has 0 spiro atoms. The smallest absolute Gasteiger partial charge is 0.281 e. The maximum Gasteiger partial charge on any atom is 0.281 e. The van der Waals surface area contributed by atoms with Crippen molar-refractivity contribution in [3.8, 4) is 5.75 Å². The van der Waals surface area contributed by atoms with E-state index in [4.69, 9.17) is 0 Å². The monoisotopic (exact) mass is 335 g/mol. The second-order valence-corrected chi connectivity index (χ2v) is 8.03. The number of aromatic nitrogens is 2. The molecule has 2 heterocycles. The van der Waals surface area contributed by atoms with Crippen LogP contribution in [-0.2, 0) is 23.0 Å². The van der Waals surface area contributed by atoms with Crippen LogP contribution in [0.5, 0.6) is 5.75 Å². The topological polar surface area (TPSA) is 75.4 Å². The number of phenols is 1. The molecule has 1 aromatic carbocycles. The van der Waals surface area contributed by atoms with Gasteiger partial charge in [-0.2, -0.15) is 8.42 Å². The molecule has 0 bridgehead atoms. The summed E-state index contributed by atoms with van der Waals surface area (Å²) in [4.78, 5) is 4.24. The zero-order valence-corrected chi connectivity index (χ0v) is 14.1. The lowest BCUT2D eigenvalue weighted by Crippen LogP contribution is -2.35. The molecule has 0 aliphatic carbocycles. The van der Waals surface area contributed by atoms with Gasteiger partial charge in [-0.3, -0.25) is 4.31 Å². The van der Waals surface area contributed by atoms with Gasteiger partial charge in [-0.05, 0) is 24.5 Å². The Kier molecular flexibility index (Phi) is 4.06. The molecule has 1 N–H and O–H groups in total. The minimum atomic E-state index is -3.73. The van der Waals surface area contributed by atoms with Crippen LogP contribution in [0.2, 0.25) is 0 Å². The van der Waals surface area contributed by atoms with E-state index >= 15 is 0 Å². The fraction of sp³-hybridized carbons (Fsp3) is 0.438. The van der Waals surface area contributed by atoms with Gasteiger partial charge < -0.3 is 9.67 Å². The minimum absolute atomic E-state index is 0.0463. The number of hydrogen-bond acceptors (Lipinski definition) is 4. The van der Waals surface area contributed by atoms with Crippen molar-refractivity contribution in [2.45, 2.75) is 38.3 Å². The Morgan fingerprint density at radius 1 is 1.39 bits per heavy atom. The third kappa shape index (κ3) is 2.93. The van der Waals surface area contributed by atoms with Gasteiger partial charge in [0.1, 0.15) is 11.6 Å². The Balaban J connectivity index is 2.08. The van der Waals surface area contributed by atoms with E-state index in [2.05, 4.69) is 4.98 Å². The number of aryl methyl sites for hydroxylation is 1. The summed E-state index contributed by atoms with van der Waals surface area (Å²) in [6.45, 7) is 4.95. The first-order valence-corrected chi connectivity index (χ1v) is 9.20. The molecule has 1 aliphatic rings. The molecule has 23 heavy (non-hydrogen) atoms. The molecular formula is C16H21N3O3S. The summed E-state index contributed by atoms with van der Waals surface area (Å²) >= 11 is 0. The normalized spacial score (nSPS) is 14.2. The summed E-state index contributed by atoms with van der Waals surface area (Å²) in [7, 11) is -3.73. The number of benzene rings is 1. The van der Waals surface area contributed by atoms with Crippen LogP contribution in [0.4, 0.5) is 5.69 Å². The van der Waals surface area contributed by atoms with Crippen LogP contribution >= 0.6 is 0 Å². The van der Waals surface area contributed by atoms with Gasteiger partial charge in [0, 0.05) is 25.6 Å². The molecule has 0 fully saturated rings. The Morgan fingerprint density at radius 2 is 2.17 bits per heavy atom. The van der Waals surface area contributed by atoms with E-state index in [0.717, 1.165) is 18.7 Å². The van der Waals surface area contributed by atoms with Crippen LogP contribution in [0.1, 0.15) is 26.1 Å². The van der Waals surface area contributed by atoms with Gasteiger partial charge >= 0.3 is 0 Å². The highest BCUT2D eigenvalue weighted by Crippen LogP contribution is 2.29. The Morgan fingerprint density at radius 3 is 2.87 bits per heavy atom. The fourth-order valence-electron chi connectivity index (χ4n) is 2.87. The van der Waals surface area contributed by atoms with Crippen molar-refractivity contribution in [2.24, 2.45) is 5.92 Å². The standard InChI is InChI=1S/C16H21N3O3S/c1-12(2)11-19(13-5-3-6-14(20)9-13)23(21,22)16-10-17-15-7-4-8-18(15)16/h3,5-6,9-10,12,20H,4,7-8,11H2,1-2H3. The molecule has 0 atom stereocenters. The molecule has 0 saturated heterocycles. The van der Waals surface area contributed by atoms with Crippen molar-refractivity contribution in [2.75, 3.05) is 10.8 Å². The van der Waals surface area contributed by atoms with E-state index in [1.165, 1.54) is 22.6 Å². The van der Waals surface area contributed by atoms with E-state index in [1.54, 1.807) is 16.7 Å². The minimum Gasteiger partial charge on any atom is -0.508 e. The Labute approximate surface area is 136 Å². The second kappa shape index (κ2) is 5.88. The lowest BCUT2D eigenvalue weighted by molar-refractivity contribution is 0.475. The van der Waals surface area contributed by atoms with Crippen LogP contribution in [-0.4, -0.2) is 29.6 Å². The number of nitrogens with zero attached hydrogens (tertiary/aromatic N) is 3. The van der Waals surface area contributed by atoms with E-state index in [1.807, 2.05) is 13.8 Å². The molecule has 124 valence electrons. The highest BCUT2D eigenvalue weighted by Gasteiger charge is 2.31. The van der Waals surface area contributed by atoms with Gasteiger partial charge in [-0.15, -0.1) is 0 Å². The van der Waals surface area contributed by atoms with Crippen LogP contribution in [0.3, 0.4) is 0 Å². The van der Waals surface area contributed by atoms with Crippen LogP contribution in [0, 0.1) is 5.92 Å². The number of imidazole rings is 1. The molecule has 3 rings (SSSR count). The Hall–Kier alpha value is -2.02. The molecule has 7 heteroatoms. The number of rotatable bonds is 5. The SMILES string of the molecule is CC(C)CN(c1cccc(O)c1)S(=O)(=O)c1cnc2n1CCC2. The first-order valence-electron chi connectivity index (χ1n) is 7.76. The lowest BCUT2D eigenvalue weighted by atomic mass is 10.2. The molecule has 0 amide bonds. The molecule has 0 saturated carbocycles. The highest BCUT2D eigenvalue weighted by atomic mass is 32.2. The van der Waals surface area contributed by atoms with Crippen LogP contribution < -0.4 is 4.31 Å². The summed E-state index contributed by atoms with van der Waals surface area (Å²) in [5.74, 6) is 1.02. The number of sulfonamides is 1. The van der Waals surface area contributed by atoms with Crippen molar-refractivity contribution < 1.29 is 13.5 Å². The highest BCUT2D eigenvalue weighted by molar-refractivity contribution is 7.92. The van der Waals surface area contributed by atoms with Crippen molar-refractivity contribution in [3.63, 3.8) is 0 Å². The van der Waals surface area contributed by atoms with E-state index < -0.39 is 10.0 Å². The lowest BCUT2D eigenvalue weighted by Gasteiger charge is -2.26. The van der Waals surface area contributed by atoms with Gasteiger partial charge in [0.05, 0.1) is 11.9 Å². The molecule has 1 aromatic heterocycles. The van der Waals surface area contributed by atoms with Gasteiger partial charge in [0.2, 0.25) is 0 Å². The number of hydrogen-bond donors (Lipinski definition) is 1. The first kappa shape index (κ1) is 15.9. The predicted molar refractivity (Wildman–Crippen MR) is 88.0 cm³/mol. The number of fused-ring (bicyclic) bond motifs is 1. The average molecular weight is 335 g/mol. The van der Waals surface area contributed by atoms with Crippen LogP contribution in [0.15, 0.2) is 35.5 Å². The molecule has 2 aromatic rings. The number of aromatic hydroxyl groups is 1. The summed E-state index contributed by atoms with van der Waals surface area (Å²) in [6, 6.07) is 6.34. The zero-order valence-electron chi connectivity index (χ0n) is 13.3. The third-order valence-corrected chi connectivity index (χ3v) is 5.68. The Bertz CT molecular complexity index is 812. The van der Waals surface area contributed by atoms with E-state index in [-0.39, 0.29) is 16.7 Å². The van der Waals surface area contributed by atoms with Gasteiger partial charge in [0.25, 0.3) is 10.0 Å². The summed E-state index contributed by atoms with van der Waals surface area (Å²) < 4.78 is 29.5. The average Bonchev–Trinajstić information content (AvgIpc) is 3.06. The number of phenolic OH excluding ortho intramolecular Hbond substituents is 1. The molecule has 0 radical (unpaired) electrons. The number of anilines is 1. The van der Waals surface area contributed by atoms with E-state index in [0.29, 0.717) is 18.8 Å². The maximum atomic E-state index is 13.2. The van der Waals surface area contributed by atoms with Crippen molar-refractivity contribution >= 4 is 15.7 Å². The summed E-state index contributed by atoms with van der Waals surface area (Å²) in [5.41, 5.74) is 0.465. The zero-order chi connectivity index (χ0) is 16.6. The molecule has 6 nitrogen and oxygen atoms in total. The molecule has 0 unspecified atom stereocenters. The fourth-order valence-corrected chi connectivity index (χ4v) is 4.64. The third-order valence-electron chi connectivity index (χ3n) is 3.89. The van der Waals surface area contributed by atoms with Crippen molar-refractivity contribution in [1.29, 1.82) is 0 Å². The first-order chi connectivity index (χ1) is 10.9. The van der Waals surface area contributed by atoms with Crippen molar-refractivity contribution in [3.05, 3.63) is 36.3 Å². The van der Waals surface area contributed by atoms with Gasteiger partial charge in [-0.25, -0.2) is 4.98 Å². The molecular weight excluding hydrogens is 314 g/mol. The summed E-state index contributed by atoms with van der Waals surface area (Å²) in [5, 5.41) is 9.94. The second-order valence-electron chi connectivity index (χ2n) is 6.22.